The smallest absolute Gasteiger partial charge is 0.271 e. The molecule has 0 saturated heterocycles. The summed E-state index contributed by atoms with van der Waals surface area (Å²) in [4.78, 5) is 22.8. The molecule has 1 amide bonds. The van der Waals surface area contributed by atoms with Gasteiger partial charge in [0.15, 0.2) is 0 Å². The molecule has 0 atom stereocenters. The lowest BCUT2D eigenvalue weighted by atomic mass is 10.1. The molecule has 0 saturated carbocycles. The number of nitrogens with one attached hydrogen (secondary N) is 1. The Morgan fingerprint density at radius 1 is 0.962 bits per heavy atom. The van der Waals surface area contributed by atoms with Gasteiger partial charge in [-0.15, -0.1) is 0 Å². The third-order valence-electron chi connectivity index (χ3n) is 3.78. The van der Waals surface area contributed by atoms with Crippen molar-refractivity contribution >= 4 is 17.3 Å². The fraction of sp³-hybridized carbons (Fsp3) is 0.0500. The number of carbonyl (C=O) groups is 1. The molecular weight excluding hydrogens is 332 g/mol. The van der Waals surface area contributed by atoms with E-state index in [0.717, 1.165) is 5.56 Å². The Hall–Kier alpha value is -3.67. The third kappa shape index (κ3) is 4.05. The van der Waals surface area contributed by atoms with Crippen LogP contribution in [0.3, 0.4) is 0 Å². The number of nitrogens with zero attached hydrogens (tertiary/aromatic N) is 1. The number of anilines is 1. The van der Waals surface area contributed by atoms with Crippen LogP contribution < -0.4 is 10.1 Å². The van der Waals surface area contributed by atoms with E-state index in [1.807, 2.05) is 30.3 Å². The molecular formula is C20H16N2O4. The average molecular weight is 348 g/mol. The zero-order chi connectivity index (χ0) is 18.5. The van der Waals surface area contributed by atoms with Gasteiger partial charge in [0.05, 0.1) is 10.6 Å². The van der Waals surface area contributed by atoms with Crippen LogP contribution in [0.5, 0.6) is 11.5 Å². The molecule has 3 rings (SSSR count). The molecule has 0 unspecified atom stereocenters. The second-order valence-electron chi connectivity index (χ2n) is 5.65. The number of ether oxygens (including phenoxy) is 1. The molecule has 6 nitrogen and oxygen atoms in total. The Kier molecular flexibility index (Phi) is 4.94. The Balaban J connectivity index is 1.72. The normalized spacial score (nSPS) is 10.2. The van der Waals surface area contributed by atoms with Gasteiger partial charge >= 0.3 is 0 Å². The number of nitro benzene ring substituents is 1. The first kappa shape index (κ1) is 17.2. The van der Waals surface area contributed by atoms with E-state index < -0.39 is 4.92 Å². The van der Waals surface area contributed by atoms with Crippen molar-refractivity contribution in [2.45, 2.75) is 6.92 Å². The van der Waals surface area contributed by atoms with Crippen LogP contribution in [0.1, 0.15) is 15.9 Å². The van der Waals surface area contributed by atoms with E-state index in [0.29, 0.717) is 22.7 Å². The van der Waals surface area contributed by atoms with E-state index in [2.05, 4.69) is 5.32 Å². The van der Waals surface area contributed by atoms with Crippen LogP contribution in [0, 0.1) is 17.0 Å². The number of rotatable bonds is 5. The predicted molar refractivity (Wildman–Crippen MR) is 98.7 cm³/mol. The molecule has 0 radical (unpaired) electrons. The summed E-state index contributed by atoms with van der Waals surface area (Å²) in [6.45, 7) is 1.77. The molecule has 0 fully saturated rings. The first-order valence-corrected chi connectivity index (χ1v) is 7.92. The number of nitro groups is 1. The SMILES string of the molecule is Cc1ccc([N+](=O)[O-])cc1NC(=O)c1ccc(Oc2ccccc2)cc1. The molecule has 0 spiro atoms. The highest BCUT2D eigenvalue weighted by molar-refractivity contribution is 6.04. The molecule has 0 heterocycles. The highest BCUT2D eigenvalue weighted by Gasteiger charge is 2.12. The van der Waals surface area contributed by atoms with Gasteiger partial charge < -0.3 is 10.1 Å². The van der Waals surface area contributed by atoms with Crippen molar-refractivity contribution in [2.75, 3.05) is 5.32 Å². The molecule has 130 valence electrons. The van der Waals surface area contributed by atoms with Gasteiger partial charge in [-0.2, -0.15) is 0 Å². The highest BCUT2D eigenvalue weighted by atomic mass is 16.6. The van der Waals surface area contributed by atoms with Gasteiger partial charge in [-0.1, -0.05) is 24.3 Å². The van der Waals surface area contributed by atoms with Crippen molar-refractivity contribution < 1.29 is 14.5 Å². The summed E-state index contributed by atoms with van der Waals surface area (Å²) in [6, 6.07) is 20.3. The molecule has 1 N–H and O–H groups in total. The van der Waals surface area contributed by atoms with Crippen LogP contribution in [-0.2, 0) is 0 Å². The minimum atomic E-state index is -0.495. The molecule has 3 aromatic carbocycles. The van der Waals surface area contributed by atoms with E-state index in [-0.39, 0.29) is 11.6 Å². The van der Waals surface area contributed by atoms with E-state index in [1.165, 1.54) is 12.1 Å². The highest BCUT2D eigenvalue weighted by Crippen LogP contribution is 2.24. The second-order valence-corrected chi connectivity index (χ2v) is 5.65. The number of carbonyl (C=O) groups excluding carboxylic acids is 1. The maximum Gasteiger partial charge on any atom is 0.271 e. The molecule has 26 heavy (non-hydrogen) atoms. The number of hydrogen-bond acceptors (Lipinski definition) is 4. The van der Waals surface area contributed by atoms with Crippen LogP contribution in [0.25, 0.3) is 0 Å². The van der Waals surface area contributed by atoms with Crippen molar-refractivity contribution in [1.82, 2.24) is 0 Å². The van der Waals surface area contributed by atoms with Crippen LogP contribution in [0.2, 0.25) is 0 Å². The van der Waals surface area contributed by atoms with E-state index in [4.69, 9.17) is 4.74 Å². The van der Waals surface area contributed by atoms with Crippen LogP contribution in [-0.4, -0.2) is 10.8 Å². The first-order chi connectivity index (χ1) is 12.5. The van der Waals surface area contributed by atoms with Crippen molar-refractivity contribution in [3.8, 4) is 11.5 Å². The van der Waals surface area contributed by atoms with Crippen molar-refractivity contribution in [2.24, 2.45) is 0 Å². The summed E-state index contributed by atoms with van der Waals surface area (Å²) < 4.78 is 5.69. The van der Waals surface area contributed by atoms with E-state index in [1.54, 1.807) is 37.3 Å². The van der Waals surface area contributed by atoms with Crippen molar-refractivity contribution in [3.05, 3.63) is 94.0 Å². The molecule has 0 bridgehead atoms. The van der Waals surface area contributed by atoms with Gasteiger partial charge in [-0.3, -0.25) is 14.9 Å². The van der Waals surface area contributed by atoms with Gasteiger partial charge in [-0.05, 0) is 48.9 Å². The van der Waals surface area contributed by atoms with Crippen molar-refractivity contribution in [1.29, 1.82) is 0 Å². The topological polar surface area (TPSA) is 81.5 Å². The summed E-state index contributed by atoms with van der Waals surface area (Å²) >= 11 is 0. The number of para-hydroxylation sites is 1. The van der Waals surface area contributed by atoms with Gasteiger partial charge in [0.2, 0.25) is 0 Å². The molecule has 0 aliphatic heterocycles. The number of aryl methyl sites for hydroxylation is 1. The molecule has 3 aromatic rings. The summed E-state index contributed by atoms with van der Waals surface area (Å²) in [6.07, 6.45) is 0. The lowest BCUT2D eigenvalue weighted by molar-refractivity contribution is -0.384. The Morgan fingerprint density at radius 3 is 2.27 bits per heavy atom. The summed E-state index contributed by atoms with van der Waals surface area (Å²) in [7, 11) is 0. The lowest BCUT2D eigenvalue weighted by Gasteiger charge is -2.09. The fourth-order valence-corrected chi connectivity index (χ4v) is 2.35. The fourth-order valence-electron chi connectivity index (χ4n) is 2.35. The summed E-state index contributed by atoms with van der Waals surface area (Å²) in [5.41, 5.74) is 1.51. The van der Waals surface area contributed by atoms with Crippen LogP contribution >= 0.6 is 0 Å². The maximum atomic E-state index is 12.4. The summed E-state index contributed by atoms with van der Waals surface area (Å²) in [5, 5.41) is 13.6. The predicted octanol–water partition coefficient (Wildman–Crippen LogP) is 4.95. The number of amides is 1. The minimum Gasteiger partial charge on any atom is -0.457 e. The molecule has 6 heteroatoms. The molecule has 0 aromatic heterocycles. The largest absolute Gasteiger partial charge is 0.457 e. The summed E-state index contributed by atoms with van der Waals surface area (Å²) in [5.74, 6) is 0.969. The monoisotopic (exact) mass is 348 g/mol. The van der Waals surface area contributed by atoms with E-state index >= 15 is 0 Å². The van der Waals surface area contributed by atoms with Crippen LogP contribution in [0.4, 0.5) is 11.4 Å². The van der Waals surface area contributed by atoms with Gasteiger partial charge in [-0.25, -0.2) is 0 Å². The Morgan fingerprint density at radius 2 is 1.62 bits per heavy atom. The molecule has 0 aliphatic carbocycles. The van der Waals surface area contributed by atoms with E-state index in [9.17, 15) is 14.9 Å². The average Bonchev–Trinajstić information content (AvgIpc) is 2.64. The molecule has 0 aliphatic rings. The van der Waals surface area contributed by atoms with Gasteiger partial charge in [0.1, 0.15) is 11.5 Å². The number of hydrogen-bond donors (Lipinski definition) is 1. The standard InChI is InChI=1S/C20H16N2O4/c1-14-7-10-16(22(24)25)13-19(14)21-20(23)15-8-11-18(12-9-15)26-17-5-3-2-4-6-17/h2-13H,1H3,(H,21,23). The lowest BCUT2D eigenvalue weighted by Crippen LogP contribution is -2.12. The Bertz CT molecular complexity index is 938. The first-order valence-electron chi connectivity index (χ1n) is 7.92. The third-order valence-corrected chi connectivity index (χ3v) is 3.78. The number of non-ortho nitro benzene ring substituents is 1. The Labute approximate surface area is 150 Å². The maximum absolute atomic E-state index is 12.4. The van der Waals surface area contributed by atoms with Crippen LogP contribution in [0.15, 0.2) is 72.8 Å². The minimum absolute atomic E-state index is 0.0718. The zero-order valence-corrected chi connectivity index (χ0v) is 14.0. The number of benzene rings is 3. The quantitative estimate of drug-likeness (QED) is 0.522. The second kappa shape index (κ2) is 7.48. The van der Waals surface area contributed by atoms with Gasteiger partial charge in [0, 0.05) is 17.7 Å². The van der Waals surface area contributed by atoms with Gasteiger partial charge in [0.25, 0.3) is 11.6 Å². The zero-order valence-electron chi connectivity index (χ0n) is 14.0. The van der Waals surface area contributed by atoms with Crippen molar-refractivity contribution in [3.63, 3.8) is 0 Å².